The third-order valence-electron chi connectivity index (χ3n) is 6.03. The maximum atomic E-state index is 13.2. The lowest BCUT2D eigenvalue weighted by molar-refractivity contribution is -0.140. The first-order valence-corrected chi connectivity index (χ1v) is 11.9. The van der Waals surface area contributed by atoms with Crippen molar-refractivity contribution in [3.8, 4) is 5.75 Å². The van der Waals surface area contributed by atoms with Gasteiger partial charge >= 0.3 is 0 Å². The Labute approximate surface area is 202 Å². The highest BCUT2D eigenvalue weighted by Crippen LogP contribution is 2.40. The minimum atomic E-state index is -0.668. The largest absolute Gasteiger partial charge is 0.507 e. The highest BCUT2D eigenvalue weighted by molar-refractivity contribution is 6.46. The molecule has 1 unspecified atom stereocenters. The number of ether oxygens (including phenoxy) is 2. The number of amides is 1. The van der Waals surface area contributed by atoms with Crippen LogP contribution in [0.2, 0.25) is 0 Å². The molecule has 1 saturated heterocycles. The summed E-state index contributed by atoms with van der Waals surface area (Å²) in [5.74, 6) is -0.336. The van der Waals surface area contributed by atoms with Crippen LogP contribution in [0.25, 0.3) is 5.76 Å². The van der Waals surface area contributed by atoms with E-state index in [1.165, 1.54) is 0 Å². The molecule has 3 rings (SSSR count). The van der Waals surface area contributed by atoms with Crippen molar-refractivity contribution < 1.29 is 24.2 Å². The third kappa shape index (κ3) is 5.50. The van der Waals surface area contributed by atoms with Crippen LogP contribution in [-0.2, 0) is 20.7 Å². The van der Waals surface area contributed by atoms with E-state index in [9.17, 15) is 14.7 Å². The molecule has 182 valence electrons. The van der Waals surface area contributed by atoms with Crippen LogP contribution in [0.4, 0.5) is 0 Å². The number of Topliss-reactive ketones (excluding diaryl/α,β-unsaturated/α-hetero) is 1. The summed E-state index contributed by atoms with van der Waals surface area (Å²) >= 11 is 0. The van der Waals surface area contributed by atoms with E-state index in [0.29, 0.717) is 43.4 Å². The van der Waals surface area contributed by atoms with Gasteiger partial charge in [0.05, 0.1) is 18.2 Å². The first-order chi connectivity index (χ1) is 16.3. The number of aliphatic hydroxyl groups is 1. The molecule has 0 saturated carbocycles. The Morgan fingerprint density at radius 1 is 1.12 bits per heavy atom. The van der Waals surface area contributed by atoms with Gasteiger partial charge in [-0.05, 0) is 60.6 Å². The second kappa shape index (κ2) is 11.3. The molecule has 1 amide bonds. The number of nitrogens with zero attached hydrogens (tertiary/aromatic N) is 1. The van der Waals surface area contributed by atoms with Gasteiger partial charge in [-0.1, -0.05) is 45.0 Å². The summed E-state index contributed by atoms with van der Waals surface area (Å²) in [6, 6.07) is 12.6. The Hall–Kier alpha value is -3.12. The number of ketones is 1. The minimum Gasteiger partial charge on any atom is -0.507 e. The standard InChI is InChI=1S/C28H35NO5/c1-6-20-8-10-21(11-9-20)25-24(27(31)28(32)29(25)14-7-15-33-5)26(30)23-13-12-22(16-19(23)4)34-17-18(2)3/h8-13,16,18,25,30H,6-7,14-15,17H2,1-5H3/b26-24+. The van der Waals surface area contributed by atoms with Crippen molar-refractivity contribution in [2.75, 3.05) is 26.9 Å². The zero-order valence-electron chi connectivity index (χ0n) is 20.8. The number of aliphatic hydroxyl groups excluding tert-OH is 1. The number of aryl methyl sites for hydroxylation is 2. The van der Waals surface area contributed by atoms with Crippen LogP contribution < -0.4 is 4.74 Å². The molecular formula is C28H35NO5. The van der Waals surface area contributed by atoms with Gasteiger partial charge in [-0.15, -0.1) is 0 Å². The summed E-state index contributed by atoms with van der Waals surface area (Å²) in [6.45, 7) is 9.50. The molecule has 0 aliphatic carbocycles. The quantitative estimate of drug-likeness (QED) is 0.230. The van der Waals surface area contributed by atoms with Crippen LogP contribution in [-0.4, -0.2) is 48.6 Å². The number of methoxy groups -OCH3 is 1. The van der Waals surface area contributed by atoms with Gasteiger partial charge in [-0.3, -0.25) is 9.59 Å². The third-order valence-corrected chi connectivity index (χ3v) is 6.03. The number of hydrogen-bond donors (Lipinski definition) is 1. The molecule has 6 nitrogen and oxygen atoms in total. The number of rotatable bonds is 10. The number of likely N-dealkylation sites (tertiary alicyclic amines) is 1. The van der Waals surface area contributed by atoms with Crippen LogP contribution in [0.15, 0.2) is 48.0 Å². The molecule has 0 radical (unpaired) electrons. The fraction of sp³-hybridized carbons (Fsp3) is 0.429. The number of carbonyl (C=O) groups is 2. The Morgan fingerprint density at radius 2 is 1.82 bits per heavy atom. The highest BCUT2D eigenvalue weighted by atomic mass is 16.5. The Morgan fingerprint density at radius 3 is 2.41 bits per heavy atom. The van der Waals surface area contributed by atoms with Crippen molar-refractivity contribution in [3.05, 3.63) is 70.3 Å². The summed E-state index contributed by atoms with van der Waals surface area (Å²) < 4.78 is 10.9. The molecule has 0 spiro atoms. The van der Waals surface area contributed by atoms with E-state index >= 15 is 0 Å². The van der Waals surface area contributed by atoms with Crippen molar-refractivity contribution in [2.24, 2.45) is 5.92 Å². The van der Waals surface area contributed by atoms with Crippen molar-refractivity contribution in [2.45, 2.75) is 46.6 Å². The lowest BCUT2D eigenvalue weighted by Crippen LogP contribution is -2.31. The molecule has 1 fully saturated rings. The van der Waals surface area contributed by atoms with Gasteiger partial charge in [0.1, 0.15) is 11.5 Å². The minimum absolute atomic E-state index is 0.116. The van der Waals surface area contributed by atoms with E-state index < -0.39 is 17.7 Å². The van der Waals surface area contributed by atoms with Crippen LogP contribution in [0, 0.1) is 12.8 Å². The van der Waals surface area contributed by atoms with E-state index in [4.69, 9.17) is 9.47 Å². The summed E-state index contributed by atoms with van der Waals surface area (Å²) in [6.07, 6.45) is 1.48. The number of benzene rings is 2. The molecular weight excluding hydrogens is 430 g/mol. The summed E-state index contributed by atoms with van der Waals surface area (Å²) in [4.78, 5) is 27.7. The molecule has 2 aromatic carbocycles. The first kappa shape index (κ1) is 25.5. The van der Waals surface area contributed by atoms with Gasteiger partial charge in [-0.2, -0.15) is 0 Å². The summed E-state index contributed by atoms with van der Waals surface area (Å²) in [7, 11) is 1.60. The molecule has 34 heavy (non-hydrogen) atoms. The van der Waals surface area contributed by atoms with E-state index in [0.717, 1.165) is 23.1 Å². The number of hydrogen-bond acceptors (Lipinski definition) is 5. The van der Waals surface area contributed by atoms with Crippen LogP contribution in [0.3, 0.4) is 0 Å². The van der Waals surface area contributed by atoms with E-state index in [1.54, 1.807) is 24.1 Å². The zero-order valence-corrected chi connectivity index (χ0v) is 20.8. The van der Waals surface area contributed by atoms with Gasteiger partial charge in [0, 0.05) is 25.8 Å². The average molecular weight is 466 g/mol. The maximum absolute atomic E-state index is 13.2. The molecule has 1 atom stereocenters. The molecule has 1 aliphatic heterocycles. The molecule has 1 N–H and O–H groups in total. The van der Waals surface area contributed by atoms with Gasteiger partial charge in [0.25, 0.3) is 11.7 Å². The van der Waals surface area contributed by atoms with Gasteiger partial charge in [0.2, 0.25) is 0 Å². The lowest BCUT2D eigenvalue weighted by Gasteiger charge is -2.25. The second-order valence-corrected chi connectivity index (χ2v) is 9.12. The second-order valence-electron chi connectivity index (χ2n) is 9.12. The fourth-order valence-electron chi connectivity index (χ4n) is 4.17. The highest BCUT2D eigenvalue weighted by Gasteiger charge is 2.45. The Bertz CT molecular complexity index is 1050. The maximum Gasteiger partial charge on any atom is 0.295 e. The number of carbonyl (C=O) groups excluding carboxylic acids is 2. The topological polar surface area (TPSA) is 76.1 Å². The monoisotopic (exact) mass is 465 g/mol. The smallest absolute Gasteiger partial charge is 0.295 e. The van der Waals surface area contributed by atoms with Crippen molar-refractivity contribution in [1.82, 2.24) is 4.90 Å². The fourth-order valence-corrected chi connectivity index (χ4v) is 4.17. The SMILES string of the molecule is CCc1ccc(C2/C(=C(\O)c3ccc(OCC(C)C)cc3C)C(=O)C(=O)N2CCCOC)cc1. The molecule has 0 bridgehead atoms. The Kier molecular flexibility index (Phi) is 8.51. The van der Waals surface area contributed by atoms with Gasteiger partial charge in [0.15, 0.2) is 0 Å². The van der Waals surface area contributed by atoms with Crippen molar-refractivity contribution >= 4 is 17.4 Å². The van der Waals surface area contributed by atoms with Crippen molar-refractivity contribution in [1.29, 1.82) is 0 Å². The van der Waals surface area contributed by atoms with Crippen LogP contribution in [0.5, 0.6) is 5.75 Å². The zero-order chi connectivity index (χ0) is 24.8. The molecule has 6 heteroatoms. The normalized spacial score (nSPS) is 17.6. The molecule has 0 aromatic heterocycles. The summed E-state index contributed by atoms with van der Waals surface area (Å²) in [5, 5.41) is 11.3. The lowest BCUT2D eigenvalue weighted by atomic mass is 9.93. The van der Waals surface area contributed by atoms with Gasteiger partial charge in [-0.25, -0.2) is 0 Å². The van der Waals surface area contributed by atoms with E-state index in [-0.39, 0.29) is 11.3 Å². The van der Waals surface area contributed by atoms with Gasteiger partial charge < -0.3 is 19.5 Å². The van der Waals surface area contributed by atoms with Crippen molar-refractivity contribution in [3.63, 3.8) is 0 Å². The predicted molar refractivity (Wildman–Crippen MR) is 133 cm³/mol. The Balaban J connectivity index is 2.06. The van der Waals surface area contributed by atoms with E-state index in [1.807, 2.05) is 37.3 Å². The predicted octanol–water partition coefficient (Wildman–Crippen LogP) is 5.05. The summed E-state index contributed by atoms with van der Waals surface area (Å²) in [5.41, 5.74) is 3.36. The van der Waals surface area contributed by atoms with Crippen LogP contribution in [0.1, 0.15) is 55.5 Å². The molecule has 1 heterocycles. The molecule has 1 aliphatic rings. The first-order valence-electron chi connectivity index (χ1n) is 11.9. The van der Waals surface area contributed by atoms with Crippen LogP contribution >= 0.6 is 0 Å². The van der Waals surface area contributed by atoms with E-state index in [2.05, 4.69) is 20.8 Å². The average Bonchev–Trinajstić information content (AvgIpc) is 3.07. The molecule has 2 aromatic rings.